The van der Waals surface area contributed by atoms with Crippen molar-refractivity contribution < 1.29 is 0 Å². The molecule has 0 radical (unpaired) electrons. The van der Waals surface area contributed by atoms with Crippen molar-refractivity contribution in [2.75, 3.05) is 0 Å². The van der Waals surface area contributed by atoms with Gasteiger partial charge in [-0.25, -0.2) is 0 Å². The number of hydrogen-bond acceptors (Lipinski definition) is 1. The van der Waals surface area contributed by atoms with Crippen LogP contribution < -0.4 is 0 Å². The summed E-state index contributed by atoms with van der Waals surface area (Å²) in [6.45, 7) is 2.04. The number of aryl methyl sites for hydroxylation is 1. The zero-order chi connectivity index (χ0) is 6.97. The second-order valence-corrected chi connectivity index (χ2v) is 2.42. The second-order valence-electron chi connectivity index (χ2n) is 2.42. The van der Waals surface area contributed by atoms with Crippen LogP contribution in [-0.4, -0.2) is 9.97 Å². The lowest BCUT2D eigenvalue weighted by Gasteiger charge is -1.83. The predicted molar refractivity (Wildman–Crippen MR) is 40.8 cm³/mol. The fraction of sp³-hybridized carbons (Fsp3) is 0.125. The molecule has 2 nitrogen and oxygen atoms in total. The minimum atomic E-state index is 1.16. The Bertz CT molecular complexity index is 316. The molecule has 2 rings (SSSR count). The van der Waals surface area contributed by atoms with E-state index in [0.29, 0.717) is 0 Å². The fourth-order valence-corrected chi connectivity index (χ4v) is 1.12. The monoisotopic (exact) mass is 132 g/mol. The standard InChI is InChI=1S/C8H8N2/c1-6-4-7-5-9-3-2-8(7)10-6/h2-5,10H,1H3. The van der Waals surface area contributed by atoms with Crippen LogP contribution in [0.2, 0.25) is 0 Å². The smallest absolute Gasteiger partial charge is 0.0487 e. The van der Waals surface area contributed by atoms with Crippen molar-refractivity contribution >= 4 is 10.9 Å². The molecule has 0 saturated heterocycles. The summed E-state index contributed by atoms with van der Waals surface area (Å²) < 4.78 is 0. The summed E-state index contributed by atoms with van der Waals surface area (Å²) >= 11 is 0. The number of fused-ring (bicyclic) bond motifs is 1. The summed E-state index contributed by atoms with van der Waals surface area (Å²) in [6.07, 6.45) is 3.65. The van der Waals surface area contributed by atoms with E-state index >= 15 is 0 Å². The lowest BCUT2D eigenvalue weighted by atomic mass is 10.3. The van der Waals surface area contributed by atoms with Gasteiger partial charge in [0.1, 0.15) is 0 Å². The Morgan fingerprint density at radius 3 is 3.20 bits per heavy atom. The maximum Gasteiger partial charge on any atom is 0.0487 e. The van der Waals surface area contributed by atoms with Crippen molar-refractivity contribution in [2.24, 2.45) is 0 Å². The molecule has 0 amide bonds. The number of H-pyrrole nitrogens is 1. The van der Waals surface area contributed by atoms with E-state index in [1.807, 2.05) is 19.2 Å². The van der Waals surface area contributed by atoms with Crippen molar-refractivity contribution in [2.45, 2.75) is 6.92 Å². The number of nitrogens with zero attached hydrogens (tertiary/aromatic N) is 1. The molecule has 0 aliphatic rings. The van der Waals surface area contributed by atoms with E-state index in [0.717, 1.165) is 5.52 Å². The van der Waals surface area contributed by atoms with E-state index in [9.17, 15) is 0 Å². The third-order valence-electron chi connectivity index (χ3n) is 1.56. The second kappa shape index (κ2) is 1.84. The van der Waals surface area contributed by atoms with Gasteiger partial charge >= 0.3 is 0 Å². The van der Waals surface area contributed by atoms with Crippen LogP contribution >= 0.6 is 0 Å². The zero-order valence-electron chi connectivity index (χ0n) is 5.76. The third kappa shape index (κ3) is 0.692. The fourth-order valence-electron chi connectivity index (χ4n) is 1.12. The van der Waals surface area contributed by atoms with E-state index in [1.54, 1.807) is 6.20 Å². The molecule has 0 aromatic carbocycles. The minimum Gasteiger partial charge on any atom is -0.359 e. The van der Waals surface area contributed by atoms with Gasteiger partial charge in [0, 0.05) is 29.0 Å². The average molecular weight is 132 g/mol. The first-order valence-electron chi connectivity index (χ1n) is 3.25. The summed E-state index contributed by atoms with van der Waals surface area (Å²) in [7, 11) is 0. The normalized spacial score (nSPS) is 10.5. The van der Waals surface area contributed by atoms with Crippen LogP contribution in [0.3, 0.4) is 0 Å². The first-order chi connectivity index (χ1) is 4.86. The predicted octanol–water partition coefficient (Wildman–Crippen LogP) is 1.87. The van der Waals surface area contributed by atoms with Crippen LogP contribution in [0.25, 0.3) is 10.9 Å². The third-order valence-corrected chi connectivity index (χ3v) is 1.56. The summed E-state index contributed by atoms with van der Waals surface area (Å²) in [6, 6.07) is 4.06. The molecule has 0 saturated carbocycles. The van der Waals surface area contributed by atoms with Gasteiger partial charge in [-0.3, -0.25) is 4.98 Å². The molecular formula is C8H8N2. The van der Waals surface area contributed by atoms with Gasteiger partial charge in [0.2, 0.25) is 0 Å². The Hall–Kier alpha value is -1.31. The van der Waals surface area contributed by atoms with Crippen molar-refractivity contribution in [1.29, 1.82) is 0 Å². The molecule has 50 valence electrons. The molecule has 1 N–H and O–H groups in total. The average Bonchev–Trinajstić information content (AvgIpc) is 2.27. The highest BCUT2D eigenvalue weighted by Crippen LogP contribution is 2.11. The number of hydrogen-bond donors (Lipinski definition) is 1. The Morgan fingerprint density at radius 1 is 1.50 bits per heavy atom. The van der Waals surface area contributed by atoms with Crippen molar-refractivity contribution in [3.8, 4) is 0 Å². The first kappa shape index (κ1) is 5.47. The zero-order valence-corrected chi connectivity index (χ0v) is 5.76. The van der Waals surface area contributed by atoms with E-state index in [4.69, 9.17) is 0 Å². The van der Waals surface area contributed by atoms with Crippen LogP contribution in [0.5, 0.6) is 0 Å². The molecule has 0 aliphatic heterocycles. The van der Waals surface area contributed by atoms with E-state index in [1.165, 1.54) is 11.1 Å². The van der Waals surface area contributed by atoms with Gasteiger partial charge < -0.3 is 4.98 Å². The molecule has 0 spiro atoms. The SMILES string of the molecule is Cc1cc2cnccc2[nH]1. The van der Waals surface area contributed by atoms with Crippen molar-refractivity contribution in [3.63, 3.8) is 0 Å². The molecular weight excluding hydrogens is 124 g/mol. The molecule has 2 heteroatoms. The van der Waals surface area contributed by atoms with Crippen LogP contribution in [0.4, 0.5) is 0 Å². The quantitative estimate of drug-likeness (QED) is 0.582. The number of pyridine rings is 1. The highest BCUT2D eigenvalue weighted by Gasteiger charge is 1.93. The first-order valence-corrected chi connectivity index (χ1v) is 3.25. The largest absolute Gasteiger partial charge is 0.359 e. The maximum absolute atomic E-state index is 4.01. The summed E-state index contributed by atoms with van der Waals surface area (Å²) in [4.78, 5) is 7.22. The molecule has 2 heterocycles. The number of rotatable bonds is 0. The van der Waals surface area contributed by atoms with Crippen LogP contribution in [0.1, 0.15) is 5.69 Å². The van der Waals surface area contributed by atoms with Gasteiger partial charge in [-0.05, 0) is 19.1 Å². The molecule has 2 aromatic heterocycles. The summed E-state index contributed by atoms with van der Waals surface area (Å²) in [5, 5.41) is 1.18. The molecule has 2 aromatic rings. The van der Waals surface area contributed by atoms with Crippen LogP contribution in [0.15, 0.2) is 24.5 Å². The van der Waals surface area contributed by atoms with Gasteiger partial charge in [0.25, 0.3) is 0 Å². The van der Waals surface area contributed by atoms with Gasteiger partial charge in [0.15, 0.2) is 0 Å². The lowest BCUT2D eigenvalue weighted by molar-refractivity contribution is 1.29. The molecule has 0 aliphatic carbocycles. The highest BCUT2D eigenvalue weighted by molar-refractivity contribution is 5.78. The number of nitrogens with one attached hydrogen (secondary N) is 1. The molecule has 10 heavy (non-hydrogen) atoms. The van der Waals surface area contributed by atoms with Gasteiger partial charge in [-0.1, -0.05) is 0 Å². The Kier molecular flexibility index (Phi) is 1.01. The summed E-state index contributed by atoms with van der Waals surface area (Å²) in [5.74, 6) is 0. The molecule has 0 fully saturated rings. The van der Waals surface area contributed by atoms with Gasteiger partial charge in [-0.15, -0.1) is 0 Å². The molecule has 0 atom stereocenters. The van der Waals surface area contributed by atoms with E-state index in [2.05, 4.69) is 16.0 Å². The van der Waals surface area contributed by atoms with Crippen molar-refractivity contribution in [1.82, 2.24) is 9.97 Å². The Balaban J connectivity index is 2.88. The number of aromatic nitrogens is 2. The lowest BCUT2D eigenvalue weighted by Crippen LogP contribution is -1.68. The molecule has 0 bridgehead atoms. The minimum absolute atomic E-state index is 1.16. The highest BCUT2D eigenvalue weighted by atomic mass is 14.7. The summed E-state index contributed by atoms with van der Waals surface area (Å²) in [5.41, 5.74) is 2.34. The molecule has 0 unspecified atom stereocenters. The number of aromatic amines is 1. The maximum atomic E-state index is 4.01. The Labute approximate surface area is 58.9 Å². The van der Waals surface area contributed by atoms with Crippen LogP contribution in [0, 0.1) is 6.92 Å². The van der Waals surface area contributed by atoms with Gasteiger partial charge in [-0.2, -0.15) is 0 Å². The van der Waals surface area contributed by atoms with Crippen LogP contribution in [-0.2, 0) is 0 Å². The van der Waals surface area contributed by atoms with Crippen molar-refractivity contribution in [3.05, 3.63) is 30.2 Å². The van der Waals surface area contributed by atoms with E-state index in [-0.39, 0.29) is 0 Å². The van der Waals surface area contributed by atoms with Gasteiger partial charge in [0.05, 0.1) is 0 Å². The topological polar surface area (TPSA) is 28.7 Å². The Morgan fingerprint density at radius 2 is 2.40 bits per heavy atom. The van der Waals surface area contributed by atoms with E-state index < -0.39 is 0 Å².